The molecule has 0 aromatic carbocycles. The minimum absolute atomic E-state index is 0.848. The first-order valence-electron chi connectivity index (χ1n) is 4.46. The van der Waals surface area contributed by atoms with Gasteiger partial charge in [-0.05, 0) is 26.1 Å². The van der Waals surface area contributed by atoms with Crippen molar-refractivity contribution in [2.75, 3.05) is 7.05 Å². The summed E-state index contributed by atoms with van der Waals surface area (Å²) in [6.07, 6.45) is 1.67. The molecule has 0 saturated carbocycles. The second kappa shape index (κ2) is 3.94. The van der Waals surface area contributed by atoms with Crippen LogP contribution in [0.15, 0.2) is 22.8 Å². The fourth-order valence-corrected chi connectivity index (χ4v) is 2.30. The molecule has 0 radical (unpaired) electrons. The van der Waals surface area contributed by atoms with E-state index >= 15 is 0 Å². The van der Waals surface area contributed by atoms with E-state index < -0.39 is 0 Å². The van der Waals surface area contributed by atoms with Crippen LogP contribution in [0.1, 0.15) is 10.6 Å². The molecule has 0 aliphatic carbocycles. The van der Waals surface area contributed by atoms with E-state index in [0.29, 0.717) is 0 Å². The zero-order valence-electron chi connectivity index (χ0n) is 8.20. The third kappa shape index (κ3) is 1.71. The Hall–Kier alpha value is -1.13. The third-order valence-corrected chi connectivity index (χ3v) is 3.13. The van der Waals surface area contributed by atoms with Crippen LogP contribution in [0, 0.1) is 6.92 Å². The van der Waals surface area contributed by atoms with Gasteiger partial charge in [0.2, 0.25) is 0 Å². The summed E-state index contributed by atoms with van der Waals surface area (Å²) in [4.78, 5) is 5.72. The Labute approximate surface area is 86.8 Å². The van der Waals surface area contributed by atoms with Gasteiger partial charge in [0, 0.05) is 11.4 Å². The summed E-state index contributed by atoms with van der Waals surface area (Å²) in [7, 11) is 1.94. The normalized spacial score (nSPS) is 10.7. The second-order valence-corrected chi connectivity index (χ2v) is 4.12. The summed E-state index contributed by atoms with van der Waals surface area (Å²) in [6, 6.07) is 3.81. The number of aromatic nitrogens is 1. The lowest BCUT2D eigenvalue weighted by molar-refractivity contribution is 0.581. The predicted molar refractivity (Wildman–Crippen MR) is 57.3 cm³/mol. The van der Waals surface area contributed by atoms with Crippen molar-refractivity contribution in [2.45, 2.75) is 13.5 Å². The summed E-state index contributed by atoms with van der Waals surface area (Å²) in [5.74, 6) is 0.848. The number of nitrogens with zero attached hydrogens (tertiary/aromatic N) is 1. The Morgan fingerprint density at radius 3 is 3.07 bits per heavy atom. The summed E-state index contributed by atoms with van der Waals surface area (Å²) >= 11 is 1.67. The van der Waals surface area contributed by atoms with Gasteiger partial charge >= 0.3 is 0 Å². The number of aryl methyl sites for hydroxylation is 1. The molecule has 14 heavy (non-hydrogen) atoms. The zero-order valence-corrected chi connectivity index (χ0v) is 9.02. The SMILES string of the molecule is CNCc1sc(-c2ccco2)nc1C. The number of hydrogen-bond acceptors (Lipinski definition) is 4. The summed E-state index contributed by atoms with van der Waals surface area (Å²) in [6.45, 7) is 2.89. The molecule has 2 rings (SSSR count). The Kier molecular flexibility index (Phi) is 2.65. The van der Waals surface area contributed by atoms with Crippen LogP contribution in [-0.4, -0.2) is 12.0 Å². The van der Waals surface area contributed by atoms with Crippen molar-refractivity contribution in [1.82, 2.24) is 10.3 Å². The molecule has 74 valence electrons. The highest BCUT2D eigenvalue weighted by Gasteiger charge is 2.09. The van der Waals surface area contributed by atoms with Crippen molar-refractivity contribution in [3.05, 3.63) is 29.0 Å². The number of hydrogen-bond donors (Lipinski definition) is 1. The Bertz CT molecular complexity index is 406. The predicted octanol–water partition coefficient (Wildman–Crippen LogP) is 2.43. The molecule has 4 heteroatoms. The fraction of sp³-hybridized carbons (Fsp3) is 0.300. The molecule has 2 aromatic rings. The molecule has 0 fully saturated rings. The lowest BCUT2D eigenvalue weighted by Gasteiger charge is -1.93. The van der Waals surface area contributed by atoms with Gasteiger partial charge in [0.1, 0.15) is 0 Å². The summed E-state index contributed by atoms with van der Waals surface area (Å²) in [5.41, 5.74) is 1.08. The van der Waals surface area contributed by atoms with Crippen molar-refractivity contribution in [3.8, 4) is 10.8 Å². The average molecular weight is 208 g/mol. The maximum absolute atomic E-state index is 5.29. The standard InChI is InChI=1S/C10H12N2OS/c1-7-9(6-11-2)14-10(12-7)8-4-3-5-13-8/h3-5,11H,6H2,1-2H3. The molecule has 0 amide bonds. The molecule has 3 nitrogen and oxygen atoms in total. The quantitative estimate of drug-likeness (QED) is 0.841. The van der Waals surface area contributed by atoms with Gasteiger partial charge in [-0.3, -0.25) is 0 Å². The summed E-state index contributed by atoms with van der Waals surface area (Å²) < 4.78 is 5.29. The topological polar surface area (TPSA) is 38.1 Å². The van der Waals surface area contributed by atoms with E-state index in [1.54, 1.807) is 17.6 Å². The molecule has 0 aliphatic rings. The molecule has 2 heterocycles. The Balaban J connectivity index is 2.33. The van der Waals surface area contributed by atoms with Gasteiger partial charge < -0.3 is 9.73 Å². The monoisotopic (exact) mass is 208 g/mol. The van der Waals surface area contributed by atoms with E-state index in [1.165, 1.54) is 4.88 Å². The fourth-order valence-electron chi connectivity index (χ4n) is 1.26. The number of nitrogens with one attached hydrogen (secondary N) is 1. The maximum Gasteiger partial charge on any atom is 0.162 e. The highest BCUT2D eigenvalue weighted by molar-refractivity contribution is 7.15. The molecular weight excluding hydrogens is 196 g/mol. The van der Waals surface area contributed by atoms with Crippen LogP contribution < -0.4 is 5.32 Å². The van der Waals surface area contributed by atoms with E-state index in [4.69, 9.17) is 4.42 Å². The van der Waals surface area contributed by atoms with E-state index in [9.17, 15) is 0 Å². The van der Waals surface area contributed by atoms with Crippen LogP contribution in [0.3, 0.4) is 0 Å². The van der Waals surface area contributed by atoms with Crippen LogP contribution in [0.2, 0.25) is 0 Å². The molecule has 0 unspecified atom stereocenters. The summed E-state index contributed by atoms with van der Waals surface area (Å²) in [5, 5.41) is 4.08. The van der Waals surface area contributed by atoms with Crippen molar-refractivity contribution < 1.29 is 4.42 Å². The van der Waals surface area contributed by atoms with Gasteiger partial charge in [-0.1, -0.05) is 0 Å². The van der Waals surface area contributed by atoms with Crippen molar-refractivity contribution in [2.24, 2.45) is 0 Å². The van der Waals surface area contributed by atoms with Crippen LogP contribution in [0.5, 0.6) is 0 Å². The van der Waals surface area contributed by atoms with Crippen molar-refractivity contribution in [1.29, 1.82) is 0 Å². The first kappa shape index (κ1) is 9.43. The van der Waals surface area contributed by atoms with Gasteiger partial charge in [-0.15, -0.1) is 11.3 Å². The zero-order chi connectivity index (χ0) is 9.97. The highest BCUT2D eigenvalue weighted by Crippen LogP contribution is 2.27. The Morgan fingerprint density at radius 2 is 2.43 bits per heavy atom. The number of rotatable bonds is 3. The van der Waals surface area contributed by atoms with Gasteiger partial charge in [-0.2, -0.15) is 0 Å². The molecule has 0 atom stereocenters. The number of thiazole rings is 1. The lowest BCUT2D eigenvalue weighted by atomic mass is 10.4. The minimum Gasteiger partial charge on any atom is -0.462 e. The van der Waals surface area contributed by atoms with Crippen molar-refractivity contribution in [3.63, 3.8) is 0 Å². The van der Waals surface area contributed by atoms with Gasteiger partial charge in [0.15, 0.2) is 10.8 Å². The molecule has 0 bridgehead atoms. The van der Waals surface area contributed by atoms with Crippen molar-refractivity contribution >= 4 is 11.3 Å². The smallest absolute Gasteiger partial charge is 0.162 e. The van der Waals surface area contributed by atoms with E-state index in [0.717, 1.165) is 23.0 Å². The first-order chi connectivity index (χ1) is 6.81. The van der Waals surface area contributed by atoms with Crippen LogP contribution in [0.4, 0.5) is 0 Å². The number of furan rings is 1. The maximum atomic E-state index is 5.29. The molecule has 0 aliphatic heterocycles. The van der Waals surface area contributed by atoms with E-state index in [2.05, 4.69) is 10.3 Å². The van der Waals surface area contributed by atoms with Gasteiger partial charge in [-0.25, -0.2) is 4.98 Å². The van der Waals surface area contributed by atoms with Crippen LogP contribution in [-0.2, 0) is 6.54 Å². The largest absolute Gasteiger partial charge is 0.462 e. The first-order valence-corrected chi connectivity index (χ1v) is 5.27. The van der Waals surface area contributed by atoms with Crippen LogP contribution in [0.25, 0.3) is 10.8 Å². The second-order valence-electron chi connectivity index (χ2n) is 3.04. The lowest BCUT2D eigenvalue weighted by Crippen LogP contribution is -2.04. The molecule has 0 spiro atoms. The molecule has 2 aromatic heterocycles. The van der Waals surface area contributed by atoms with E-state index in [-0.39, 0.29) is 0 Å². The van der Waals surface area contributed by atoms with Gasteiger partial charge in [0.05, 0.1) is 12.0 Å². The third-order valence-electron chi connectivity index (χ3n) is 1.96. The molecule has 0 saturated heterocycles. The Morgan fingerprint density at radius 1 is 1.57 bits per heavy atom. The molecule has 1 N–H and O–H groups in total. The van der Waals surface area contributed by atoms with Gasteiger partial charge in [0.25, 0.3) is 0 Å². The van der Waals surface area contributed by atoms with E-state index in [1.807, 2.05) is 26.1 Å². The average Bonchev–Trinajstić information content (AvgIpc) is 2.76. The highest BCUT2D eigenvalue weighted by atomic mass is 32.1. The minimum atomic E-state index is 0.848. The van der Waals surface area contributed by atoms with Crippen LogP contribution >= 0.6 is 11.3 Å². The molecular formula is C10H12N2OS.